The predicted molar refractivity (Wildman–Crippen MR) is 112 cm³/mol. The number of hydrogen-bond donors (Lipinski definition) is 4. The van der Waals surface area contributed by atoms with Crippen molar-refractivity contribution in [3.63, 3.8) is 0 Å². The lowest BCUT2D eigenvalue weighted by atomic mass is 10.1. The van der Waals surface area contributed by atoms with Gasteiger partial charge in [-0.25, -0.2) is 8.42 Å². The third-order valence-electron chi connectivity index (χ3n) is 4.61. The van der Waals surface area contributed by atoms with Crippen LogP contribution in [0.4, 0.5) is 18.9 Å². The van der Waals surface area contributed by atoms with Crippen LogP contribution in [0.1, 0.15) is 12.5 Å². The number of sulfone groups is 1. The van der Waals surface area contributed by atoms with Gasteiger partial charge in [0.2, 0.25) is 9.84 Å². The van der Waals surface area contributed by atoms with Gasteiger partial charge in [-0.3, -0.25) is 0 Å². The minimum Gasteiger partial charge on any atom is -0.395 e. The van der Waals surface area contributed by atoms with Crippen molar-refractivity contribution in [1.29, 1.82) is 0 Å². The molecule has 31 heavy (non-hydrogen) atoms. The summed E-state index contributed by atoms with van der Waals surface area (Å²) in [6, 6.07) is 10.1. The number of aliphatic hydroxyl groups is 2. The second-order valence-electron chi connectivity index (χ2n) is 7.10. The summed E-state index contributed by atoms with van der Waals surface area (Å²) in [6.45, 7) is 0.596. The van der Waals surface area contributed by atoms with Crippen LogP contribution in [0, 0.1) is 0 Å². The summed E-state index contributed by atoms with van der Waals surface area (Å²) < 4.78 is 64.6. The van der Waals surface area contributed by atoms with Gasteiger partial charge in [0.25, 0.3) is 0 Å². The Balaban J connectivity index is 2.24. The van der Waals surface area contributed by atoms with E-state index in [1.54, 1.807) is 18.2 Å². The molecule has 0 saturated carbocycles. The molecular weight excluding hydrogens is 457 g/mol. The van der Waals surface area contributed by atoms with E-state index in [0.717, 1.165) is 6.07 Å². The van der Waals surface area contributed by atoms with E-state index >= 15 is 0 Å². The van der Waals surface area contributed by atoms with E-state index in [4.69, 9.17) is 16.7 Å². The third-order valence-corrected chi connectivity index (χ3v) is 6.77. The maximum Gasteiger partial charge on any atom is 0.418 e. The van der Waals surface area contributed by atoms with Crippen LogP contribution in [0.15, 0.2) is 52.3 Å². The van der Waals surface area contributed by atoms with Crippen molar-refractivity contribution in [2.45, 2.75) is 34.9 Å². The van der Waals surface area contributed by atoms with Crippen LogP contribution in [0.25, 0.3) is 0 Å². The predicted octanol–water partition coefficient (Wildman–Crippen LogP) is 3.02. The molecule has 172 valence electrons. The average Bonchev–Trinajstić information content (AvgIpc) is 2.69. The molecule has 0 aromatic heterocycles. The van der Waals surface area contributed by atoms with Crippen LogP contribution >= 0.6 is 11.6 Å². The van der Waals surface area contributed by atoms with E-state index in [2.05, 4.69) is 10.6 Å². The summed E-state index contributed by atoms with van der Waals surface area (Å²) in [5.74, 6) is 0. The second kappa shape index (κ2) is 10.2. The molecule has 1 atom stereocenters. The van der Waals surface area contributed by atoms with Gasteiger partial charge in [-0.15, -0.1) is 0 Å². The molecule has 0 aliphatic rings. The van der Waals surface area contributed by atoms with Gasteiger partial charge in [0, 0.05) is 6.54 Å². The zero-order valence-corrected chi connectivity index (χ0v) is 18.3. The zero-order valence-electron chi connectivity index (χ0n) is 16.7. The summed E-state index contributed by atoms with van der Waals surface area (Å²) in [7, 11) is -3.94. The lowest BCUT2D eigenvalue weighted by Crippen LogP contribution is -2.47. The summed E-state index contributed by atoms with van der Waals surface area (Å²) in [5.41, 5.74) is -2.34. The number of halogens is 4. The Kier molecular flexibility index (Phi) is 8.34. The first-order valence-corrected chi connectivity index (χ1v) is 11.2. The Labute approximate surface area is 184 Å². The molecule has 6 nitrogen and oxygen atoms in total. The fraction of sp³-hybridized carbons (Fsp3) is 0.400. The van der Waals surface area contributed by atoms with Crippen molar-refractivity contribution in [2.24, 2.45) is 0 Å². The maximum absolute atomic E-state index is 13.1. The standard InChI is InChI=1S/C20H24ClF3N2O4S/c1-19(28,20(22,23)24)13-26-17-7-6-15(12-16(17)21)31(29,30)18-5-3-2-4-14(18)8-9-25-10-11-27/h2-7,12,25-28H,8-11,13H2,1H3/t19-/m1/s1. The van der Waals surface area contributed by atoms with Gasteiger partial charge < -0.3 is 20.8 Å². The Bertz CT molecular complexity index is 998. The van der Waals surface area contributed by atoms with E-state index in [9.17, 15) is 26.7 Å². The monoisotopic (exact) mass is 480 g/mol. The molecule has 0 saturated heterocycles. The highest BCUT2D eigenvalue weighted by Gasteiger charge is 2.49. The normalized spacial score (nSPS) is 14.3. The second-order valence-corrected chi connectivity index (χ2v) is 9.43. The number of anilines is 1. The Hall–Kier alpha value is -1.85. The molecule has 0 aliphatic heterocycles. The topological polar surface area (TPSA) is 98.7 Å². The van der Waals surface area contributed by atoms with Gasteiger partial charge >= 0.3 is 6.18 Å². The first-order valence-electron chi connectivity index (χ1n) is 9.37. The van der Waals surface area contributed by atoms with Crippen molar-refractivity contribution in [3.8, 4) is 0 Å². The summed E-state index contributed by atoms with van der Waals surface area (Å²) in [6.07, 6.45) is -4.43. The minimum atomic E-state index is -4.84. The van der Waals surface area contributed by atoms with E-state index in [0.29, 0.717) is 32.0 Å². The van der Waals surface area contributed by atoms with Crippen LogP contribution in [0.5, 0.6) is 0 Å². The van der Waals surface area contributed by atoms with Gasteiger partial charge in [0.15, 0.2) is 5.60 Å². The van der Waals surface area contributed by atoms with E-state index < -0.39 is 28.2 Å². The summed E-state index contributed by atoms with van der Waals surface area (Å²) in [4.78, 5) is -0.0148. The van der Waals surface area contributed by atoms with Crippen molar-refractivity contribution in [3.05, 3.63) is 53.1 Å². The molecule has 0 radical (unpaired) electrons. The molecule has 0 unspecified atom stereocenters. The number of nitrogens with one attached hydrogen (secondary N) is 2. The molecule has 2 aromatic rings. The molecule has 0 heterocycles. The van der Waals surface area contributed by atoms with E-state index in [1.165, 1.54) is 18.2 Å². The highest BCUT2D eigenvalue weighted by Crippen LogP contribution is 2.33. The Morgan fingerprint density at radius 1 is 1.10 bits per heavy atom. The number of rotatable bonds is 10. The fourth-order valence-corrected chi connectivity index (χ4v) is 4.56. The number of benzene rings is 2. The van der Waals surface area contributed by atoms with E-state index in [1.807, 2.05) is 0 Å². The molecule has 0 bridgehead atoms. The molecule has 0 fully saturated rings. The molecule has 2 rings (SSSR count). The van der Waals surface area contributed by atoms with Crippen LogP contribution < -0.4 is 10.6 Å². The van der Waals surface area contributed by atoms with Crippen LogP contribution in [-0.2, 0) is 16.3 Å². The minimum absolute atomic E-state index is 0.0305. The van der Waals surface area contributed by atoms with E-state index in [-0.39, 0.29) is 27.1 Å². The van der Waals surface area contributed by atoms with Crippen LogP contribution in [0.3, 0.4) is 0 Å². The molecule has 0 aliphatic carbocycles. The Morgan fingerprint density at radius 3 is 2.39 bits per heavy atom. The lowest BCUT2D eigenvalue weighted by Gasteiger charge is -2.27. The first kappa shape index (κ1) is 25.4. The molecule has 0 spiro atoms. The quantitative estimate of drug-likeness (QED) is 0.390. The number of alkyl halides is 3. The Morgan fingerprint density at radius 2 is 1.77 bits per heavy atom. The summed E-state index contributed by atoms with van der Waals surface area (Å²) in [5, 5.41) is 23.6. The molecular formula is C20H24ClF3N2O4S. The smallest absolute Gasteiger partial charge is 0.395 e. The number of aliphatic hydroxyl groups excluding tert-OH is 1. The molecule has 2 aromatic carbocycles. The maximum atomic E-state index is 13.1. The van der Waals surface area contributed by atoms with Crippen LogP contribution in [0.2, 0.25) is 5.02 Å². The SMILES string of the molecule is C[C@@](O)(CNc1ccc(S(=O)(=O)c2ccccc2CCNCCO)cc1Cl)C(F)(F)F. The summed E-state index contributed by atoms with van der Waals surface area (Å²) >= 11 is 6.10. The zero-order chi connectivity index (χ0) is 23.3. The first-order chi connectivity index (χ1) is 14.4. The average molecular weight is 481 g/mol. The van der Waals surface area contributed by atoms with Crippen molar-refractivity contribution < 1.29 is 31.8 Å². The van der Waals surface area contributed by atoms with Gasteiger partial charge in [-0.2, -0.15) is 13.2 Å². The van der Waals surface area contributed by atoms with Crippen molar-refractivity contribution in [2.75, 3.05) is 31.6 Å². The van der Waals surface area contributed by atoms with Gasteiger partial charge in [0.05, 0.1) is 33.7 Å². The lowest BCUT2D eigenvalue weighted by molar-refractivity contribution is -0.246. The van der Waals surface area contributed by atoms with Gasteiger partial charge in [0.1, 0.15) is 0 Å². The number of hydrogen-bond acceptors (Lipinski definition) is 6. The highest BCUT2D eigenvalue weighted by atomic mass is 35.5. The molecule has 0 amide bonds. The van der Waals surface area contributed by atoms with Crippen molar-refractivity contribution >= 4 is 27.1 Å². The molecule has 11 heteroatoms. The highest BCUT2D eigenvalue weighted by molar-refractivity contribution is 7.91. The van der Waals surface area contributed by atoms with Crippen LogP contribution in [-0.4, -0.2) is 56.6 Å². The van der Waals surface area contributed by atoms with Gasteiger partial charge in [-0.05, 0) is 49.7 Å². The molecule has 4 N–H and O–H groups in total. The van der Waals surface area contributed by atoms with Gasteiger partial charge in [-0.1, -0.05) is 29.8 Å². The third kappa shape index (κ3) is 6.33. The van der Waals surface area contributed by atoms with Crippen molar-refractivity contribution in [1.82, 2.24) is 5.32 Å². The largest absolute Gasteiger partial charge is 0.418 e. The fourth-order valence-electron chi connectivity index (χ4n) is 2.70.